The number of anilines is 1. The lowest BCUT2D eigenvalue weighted by molar-refractivity contribution is 0.415. The molecule has 0 amide bonds. The zero-order valence-electron chi connectivity index (χ0n) is 16.8. The van der Waals surface area contributed by atoms with E-state index in [-0.39, 0.29) is 0 Å². The zero-order chi connectivity index (χ0) is 20.1. The van der Waals surface area contributed by atoms with Crippen molar-refractivity contribution >= 4 is 29.0 Å². The van der Waals surface area contributed by atoms with Gasteiger partial charge in [-0.15, -0.1) is 0 Å². The second-order valence-electron chi connectivity index (χ2n) is 6.86. The summed E-state index contributed by atoms with van der Waals surface area (Å²) >= 11 is 0. The Hall–Kier alpha value is -3.09. The van der Waals surface area contributed by atoms with Gasteiger partial charge in [0.05, 0.1) is 12.8 Å². The number of benzene rings is 4. The predicted molar refractivity (Wildman–Crippen MR) is 127 cm³/mol. The van der Waals surface area contributed by atoms with E-state index in [1.807, 2.05) is 12.1 Å². The van der Waals surface area contributed by atoms with Crippen LogP contribution in [0.2, 0.25) is 0 Å². The van der Waals surface area contributed by atoms with Crippen LogP contribution in [-0.2, 0) is 0 Å². The van der Waals surface area contributed by atoms with Crippen LogP contribution >= 0.6 is 7.41 Å². The molecule has 0 atom stereocenters. The summed E-state index contributed by atoms with van der Waals surface area (Å²) in [7, 11) is 1.82. The van der Waals surface area contributed by atoms with E-state index in [9.17, 15) is 0 Å². The maximum Gasteiger partial charge on any atom is 0.202 e. The number of ether oxygens (including phenoxy) is 1. The summed E-state index contributed by atoms with van der Waals surface area (Å²) in [6.45, 7) is 0. The van der Waals surface area contributed by atoms with Gasteiger partial charge in [-0.2, -0.15) is 0 Å². The summed E-state index contributed by atoms with van der Waals surface area (Å²) < 4.78 is 7.84. The second kappa shape index (κ2) is 8.51. The van der Waals surface area contributed by atoms with Gasteiger partial charge in [-0.1, -0.05) is 54.6 Å². The molecular weight excluding hydrogens is 373 g/mol. The Morgan fingerprint density at radius 1 is 0.552 bits per heavy atom. The van der Waals surface area contributed by atoms with Gasteiger partial charge in [0, 0.05) is 7.05 Å². The van der Waals surface area contributed by atoms with Crippen LogP contribution in [0.5, 0.6) is 5.75 Å². The fourth-order valence-electron chi connectivity index (χ4n) is 3.87. The van der Waals surface area contributed by atoms with Gasteiger partial charge in [-0.25, -0.2) is 4.67 Å². The van der Waals surface area contributed by atoms with Gasteiger partial charge in [0.1, 0.15) is 21.7 Å². The van der Waals surface area contributed by atoms with E-state index in [0.717, 1.165) is 11.4 Å². The van der Waals surface area contributed by atoms with Crippen molar-refractivity contribution in [3.8, 4) is 5.75 Å². The lowest BCUT2D eigenvalue weighted by Gasteiger charge is -2.35. The van der Waals surface area contributed by atoms with Crippen molar-refractivity contribution in [2.45, 2.75) is 0 Å². The Balaban J connectivity index is 2.01. The zero-order valence-corrected chi connectivity index (χ0v) is 17.7. The van der Waals surface area contributed by atoms with Crippen LogP contribution in [0, 0.1) is 0 Å². The lowest BCUT2D eigenvalue weighted by Crippen LogP contribution is -2.41. The standard InChI is InChI=1S/C26H25NOP/c1-27(22-18-20-23(28-2)21-19-22)29(24-12-6-3-7-13-24,25-14-8-4-9-15-25)26-16-10-5-11-17-26/h3-21H,1-2H3/q+1. The Morgan fingerprint density at radius 2 is 0.931 bits per heavy atom. The van der Waals surface area contributed by atoms with Gasteiger partial charge in [-0.3, -0.25) is 0 Å². The largest absolute Gasteiger partial charge is 0.497 e. The molecule has 0 radical (unpaired) electrons. The molecule has 0 heterocycles. The van der Waals surface area contributed by atoms with E-state index in [0.29, 0.717) is 0 Å². The Labute approximate surface area is 173 Å². The van der Waals surface area contributed by atoms with Crippen molar-refractivity contribution in [3.05, 3.63) is 115 Å². The van der Waals surface area contributed by atoms with Crippen LogP contribution in [0.25, 0.3) is 0 Å². The van der Waals surface area contributed by atoms with Crippen molar-refractivity contribution in [2.24, 2.45) is 0 Å². The molecule has 4 rings (SSSR count). The van der Waals surface area contributed by atoms with Crippen molar-refractivity contribution in [3.63, 3.8) is 0 Å². The third-order valence-electron chi connectivity index (χ3n) is 5.29. The SMILES string of the molecule is COc1ccc(N(C)[P+](c2ccccc2)(c2ccccc2)c2ccccc2)cc1. The highest BCUT2D eigenvalue weighted by molar-refractivity contribution is 7.96. The van der Waals surface area contributed by atoms with E-state index in [1.54, 1.807) is 7.11 Å². The first-order valence-electron chi connectivity index (χ1n) is 9.71. The highest BCUT2D eigenvalue weighted by atomic mass is 31.2. The molecule has 0 aromatic heterocycles. The molecule has 0 spiro atoms. The number of nitrogens with zero attached hydrogens (tertiary/aromatic N) is 1. The Morgan fingerprint density at radius 3 is 1.28 bits per heavy atom. The molecule has 0 aliphatic carbocycles. The van der Waals surface area contributed by atoms with Crippen LogP contribution in [0.4, 0.5) is 5.69 Å². The van der Waals surface area contributed by atoms with Crippen molar-refractivity contribution in [2.75, 3.05) is 18.8 Å². The van der Waals surface area contributed by atoms with E-state index >= 15 is 0 Å². The van der Waals surface area contributed by atoms with E-state index in [4.69, 9.17) is 4.74 Å². The molecule has 4 aromatic carbocycles. The second-order valence-corrected chi connectivity index (χ2v) is 10.3. The average molecular weight is 398 g/mol. The number of rotatable bonds is 6. The minimum atomic E-state index is -2.10. The molecule has 4 aromatic rings. The maximum absolute atomic E-state index is 5.38. The molecule has 0 N–H and O–H groups in total. The Kier molecular flexibility index (Phi) is 5.64. The maximum atomic E-state index is 5.38. The molecule has 0 saturated carbocycles. The van der Waals surface area contributed by atoms with E-state index in [2.05, 4.69) is 115 Å². The summed E-state index contributed by atoms with van der Waals surface area (Å²) in [5.41, 5.74) is 1.16. The summed E-state index contributed by atoms with van der Waals surface area (Å²) in [6.07, 6.45) is 0. The molecule has 2 nitrogen and oxygen atoms in total. The van der Waals surface area contributed by atoms with Gasteiger partial charge in [0.15, 0.2) is 0 Å². The van der Waals surface area contributed by atoms with Gasteiger partial charge in [-0.05, 0) is 60.7 Å². The monoisotopic (exact) mass is 398 g/mol. The molecule has 0 saturated heterocycles. The van der Waals surface area contributed by atoms with Crippen molar-refractivity contribution < 1.29 is 4.74 Å². The van der Waals surface area contributed by atoms with Crippen LogP contribution in [0.15, 0.2) is 115 Å². The van der Waals surface area contributed by atoms with Crippen molar-refractivity contribution in [1.29, 1.82) is 0 Å². The molecule has 144 valence electrons. The minimum Gasteiger partial charge on any atom is -0.497 e. The first-order valence-corrected chi connectivity index (χ1v) is 11.4. The van der Waals surface area contributed by atoms with Crippen LogP contribution in [0.3, 0.4) is 0 Å². The predicted octanol–water partition coefficient (Wildman–Crippen LogP) is 5.04. The third kappa shape index (κ3) is 3.52. The van der Waals surface area contributed by atoms with Crippen LogP contribution in [-0.4, -0.2) is 14.2 Å². The number of hydrogen-bond donors (Lipinski definition) is 0. The van der Waals surface area contributed by atoms with Gasteiger partial charge < -0.3 is 4.74 Å². The first-order chi connectivity index (χ1) is 14.3. The third-order valence-corrected chi connectivity index (χ3v) is 9.55. The molecule has 0 aliphatic heterocycles. The molecule has 0 unspecified atom stereocenters. The Bertz CT molecular complexity index is 938. The fraction of sp³-hybridized carbons (Fsp3) is 0.0769. The van der Waals surface area contributed by atoms with Gasteiger partial charge in [0.25, 0.3) is 0 Å². The van der Waals surface area contributed by atoms with Gasteiger partial charge >= 0.3 is 0 Å². The van der Waals surface area contributed by atoms with E-state index in [1.165, 1.54) is 15.9 Å². The van der Waals surface area contributed by atoms with E-state index < -0.39 is 7.41 Å². The highest BCUT2D eigenvalue weighted by Crippen LogP contribution is 2.59. The summed E-state index contributed by atoms with van der Waals surface area (Å²) in [5.74, 6) is 0.866. The average Bonchev–Trinajstić information content (AvgIpc) is 2.82. The van der Waals surface area contributed by atoms with Crippen LogP contribution in [0.1, 0.15) is 0 Å². The topological polar surface area (TPSA) is 12.5 Å². The van der Waals surface area contributed by atoms with Gasteiger partial charge in [0.2, 0.25) is 7.41 Å². The summed E-state index contributed by atoms with van der Waals surface area (Å²) in [4.78, 5) is 0. The summed E-state index contributed by atoms with van der Waals surface area (Å²) in [6, 6.07) is 41.0. The molecule has 0 aliphatic rings. The number of hydrogen-bond acceptors (Lipinski definition) is 2. The smallest absolute Gasteiger partial charge is 0.202 e. The highest BCUT2D eigenvalue weighted by Gasteiger charge is 2.50. The lowest BCUT2D eigenvalue weighted by atomic mass is 10.3. The minimum absolute atomic E-state index is 0.866. The molecule has 3 heteroatoms. The fourth-order valence-corrected chi connectivity index (χ4v) is 8.09. The van der Waals surface area contributed by atoms with Crippen molar-refractivity contribution in [1.82, 2.24) is 0 Å². The number of methoxy groups -OCH3 is 1. The molecule has 0 bridgehead atoms. The quantitative estimate of drug-likeness (QED) is 0.422. The normalized spacial score (nSPS) is 11.1. The van der Waals surface area contributed by atoms with Crippen LogP contribution < -0.4 is 25.3 Å². The first kappa shape index (κ1) is 19.2. The molecule has 0 fully saturated rings. The molecule has 29 heavy (non-hydrogen) atoms. The molecular formula is C26H25NOP+. The summed E-state index contributed by atoms with van der Waals surface area (Å²) in [5, 5.41) is 3.99.